The van der Waals surface area contributed by atoms with Crippen LogP contribution in [0.25, 0.3) is 0 Å². The topological polar surface area (TPSA) is 75.6 Å². The van der Waals surface area contributed by atoms with Gasteiger partial charge in [-0.2, -0.15) is 0 Å². The van der Waals surface area contributed by atoms with E-state index in [2.05, 4.69) is 5.32 Å². The van der Waals surface area contributed by atoms with Gasteiger partial charge in [-0.3, -0.25) is 4.79 Å². The van der Waals surface area contributed by atoms with Crippen molar-refractivity contribution in [1.29, 1.82) is 0 Å². The van der Waals surface area contributed by atoms with Gasteiger partial charge in [0.1, 0.15) is 5.75 Å². The third-order valence-electron chi connectivity index (χ3n) is 3.62. The van der Waals surface area contributed by atoms with Gasteiger partial charge >= 0.3 is 5.97 Å². The minimum atomic E-state index is -1.14. The van der Waals surface area contributed by atoms with Gasteiger partial charge in [0.15, 0.2) is 0 Å². The van der Waals surface area contributed by atoms with Crippen LogP contribution >= 0.6 is 0 Å². The molecule has 0 atom stereocenters. The maximum atomic E-state index is 11.4. The summed E-state index contributed by atoms with van der Waals surface area (Å²) in [6.45, 7) is 0.354. The fourth-order valence-corrected chi connectivity index (χ4v) is 2.46. The number of carbonyl (C=O) groups is 2. The maximum Gasteiger partial charge on any atom is 0.328 e. The average Bonchev–Trinajstić information content (AvgIpc) is 2.53. The summed E-state index contributed by atoms with van der Waals surface area (Å²) < 4.78 is 5.94. The third-order valence-corrected chi connectivity index (χ3v) is 3.62. The Bertz CT molecular complexity index is 530. The van der Waals surface area contributed by atoms with Crippen LogP contribution in [0.4, 0.5) is 0 Å². The highest BCUT2D eigenvalue weighted by atomic mass is 16.5. The second kappa shape index (κ2) is 8.22. The summed E-state index contributed by atoms with van der Waals surface area (Å²) in [5.41, 5.74) is 0.938. The van der Waals surface area contributed by atoms with Gasteiger partial charge in [0, 0.05) is 18.7 Å². The SMILES string of the molecule is O=C(O)/C=C\C(=O)NCc1ccc(OC2CCCCC2)cc1. The molecule has 0 bridgehead atoms. The van der Waals surface area contributed by atoms with E-state index in [9.17, 15) is 9.59 Å². The Morgan fingerprint density at radius 2 is 1.82 bits per heavy atom. The zero-order valence-corrected chi connectivity index (χ0v) is 12.5. The van der Waals surface area contributed by atoms with Gasteiger partial charge < -0.3 is 15.2 Å². The molecule has 0 radical (unpaired) electrons. The molecule has 1 fully saturated rings. The molecule has 1 amide bonds. The van der Waals surface area contributed by atoms with Crippen molar-refractivity contribution in [1.82, 2.24) is 5.32 Å². The summed E-state index contributed by atoms with van der Waals surface area (Å²) in [5.74, 6) is -0.711. The van der Waals surface area contributed by atoms with Gasteiger partial charge in [0.25, 0.3) is 0 Å². The Morgan fingerprint density at radius 1 is 1.14 bits per heavy atom. The van der Waals surface area contributed by atoms with Gasteiger partial charge in [0.2, 0.25) is 5.91 Å². The molecule has 0 spiro atoms. The lowest BCUT2D eigenvalue weighted by Gasteiger charge is -2.23. The number of ether oxygens (including phenoxy) is 1. The molecule has 2 rings (SSSR count). The van der Waals surface area contributed by atoms with Crippen LogP contribution in [0.2, 0.25) is 0 Å². The van der Waals surface area contributed by atoms with Crippen LogP contribution in [0.15, 0.2) is 36.4 Å². The molecular formula is C17H21NO4. The van der Waals surface area contributed by atoms with E-state index in [1.54, 1.807) is 0 Å². The van der Waals surface area contributed by atoms with Crippen LogP contribution in [-0.4, -0.2) is 23.1 Å². The van der Waals surface area contributed by atoms with E-state index in [1.165, 1.54) is 19.3 Å². The molecule has 1 saturated carbocycles. The lowest BCUT2D eigenvalue weighted by Crippen LogP contribution is -2.21. The first kappa shape index (κ1) is 16.1. The number of rotatable bonds is 6. The highest BCUT2D eigenvalue weighted by Gasteiger charge is 2.14. The van der Waals surface area contributed by atoms with E-state index < -0.39 is 11.9 Å². The van der Waals surface area contributed by atoms with E-state index in [0.717, 1.165) is 36.3 Å². The summed E-state index contributed by atoms with van der Waals surface area (Å²) in [6, 6.07) is 7.62. The highest BCUT2D eigenvalue weighted by Crippen LogP contribution is 2.23. The predicted molar refractivity (Wildman–Crippen MR) is 82.6 cm³/mol. The molecular weight excluding hydrogens is 282 g/mol. The second-order valence-electron chi connectivity index (χ2n) is 5.41. The smallest absolute Gasteiger partial charge is 0.328 e. The van der Waals surface area contributed by atoms with Gasteiger partial charge in [-0.05, 0) is 43.4 Å². The van der Waals surface area contributed by atoms with Gasteiger partial charge in [-0.15, -0.1) is 0 Å². The van der Waals surface area contributed by atoms with Crippen LogP contribution < -0.4 is 10.1 Å². The van der Waals surface area contributed by atoms with Crippen LogP contribution in [0, 0.1) is 0 Å². The first-order valence-corrected chi connectivity index (χ1v) is 7.58. The number of aliphatic carboxylic acids is 1. The van der Waals surface area contributed by atoms with Crippen LogP contribution in [0.1, 0.15) is 37.7 Å². The Morgan fingerprint density at radius 3 is 2.45 bits per heavy atom. The quantitative estimate of drug-likeness (QED) is 0.792. The summed E-state index contributed by atoms with van der Waals surface area (Å²) in [6.07, 6.45) is 8.15. The van der Waals surface area contributed by atoms with Crippen molar-refractivity contribution in [3.63, 3.8) is 0 Å². The van der Waals surface area contributed by atoms with Crippen molar-refractivity contribution in [3.8, 4) is 5.75 Å². The van der Waals surface area contributed by atoms with Crippen molar-refractivity contribution < 1.29 is 19.4 Å². The van der Waals surface area contributed by atoms with Crippen molar-refractivity contribution in [2.75, 3.05) is 0 Å². The van der Waals surface area contributed by atoms with E-state index in [-0.39, 0.29) is 0 Å². The fourth-order valence-electron chi connectivity index (χ4n) is 2.46. The highest BCUT2D eigenvalue weighted by molar-refractivity contribution is 5.93. The monoisotopic (exact) mass is 303 g/mol. The minimum absolute atomic E-state index is 0.320. The Labute approximate surface area is 130 Å². The molecule has 2 N–H and O–H groups in total. The number of nitrogens with one attached hydrogen (secondary N) is 1. The van der Waals surface area contributed by atoms with E-state index in [1.807, 2.05) is 24.3 Å². The lowest BCUT2D eigenvalue weighted by atomic mass is 9.98. The number of hydrogen-bond acceptors (Lipinski definition) is 3. The van der Waals surface area contributed by atoms with E-state index >= 15 is 0 Å². The Hall–Kier alpha value is -2.30. The number of amides is 1. The summed E-state index contributed by atoms with van der Waals surface area (Å²) >= 11 is 0. The van der Waals surface area contributed by atoms with E-state index in [4.69, 9.17) is 9.84 Å². The lowest BCUT2D eigenvalue weighted by molar-refractivity contribution is -0.131. The first-order valence-electron chi connectivity index (χ1n) is 7.58. The normalized spacial score (nSPS) is 15.6. The minimum Gasteiger partial charge on any atom is -0.490 e. The van der Waals surface area contributed by atoms with Crippen molar-refractivity contribution >= 4 is 11.9 Å². The summed E-state index contributed by atoms with van der Waals surface area (Å²) in [5, 5.41) is 11.1. The van der Waals surface area contributed by atoms with Gasteiger partial charge in [0.05, 0.1) is 6.10 Å². The maximum absolute atomic E-state index is 11.4. The zero-order valence-electron chi connectivity index (χ0n) is 12.5. The largest absolute Gasteiger partial charge is 0.490 e. The molecule has 118 valence electrons. The number of carboxylic acid groups (broad SMARTS) is 1. The molecule has 0 aliphatic heterocycles. The second-order valence-corrected chi connectivity index (χ2v) is 5.41. The summed E-state index contributed by atoms with van der Waals surface area (Å²) in [7, 11) is 0. The van der Waals surface area contributed by atoms with Gasteiger partial charge in [-0.1, -0.05) is 18.6 Å². The average molecular weight is 303 g/mol. The molecule has 5 heteroatoms. The molecule has 0 aromatic heterocycles. The number of hydrogen-bond donors (Lipinski definition) is 2. The molecule has 0 saturated heterocycles. The van der Waals surface area contributed by atoms with E-state index in [0.29, 0.717) is 12.6 Å². The predicted octanol–water partition coefficient (Wildman–Crippen LogP) is 2.66. The zero-order chi connectivity index (χ0) is 15.8. The number of benzene rings is 1. The Kier molecular flexibility index (Phi) is 6.01. The van der Waals surface area contributed by atoms with Crippen molar-refractivity contribution in [2.24, 2.45) is 0 Å². The molecule has 1 aromatic carbocycles. The Balaban J connectivity index is 1.78. The summed E-state index contributed by atoms with van der Waals surface area (Å²) in [4.78, 5) is 21.7. The third kappa shape index (κ3) is 5.60. The molecule has 0 unspecified atom stereocenters. The molecule has 1 aromatic rings. The molecule has 0 heterocycles. The van der Waals surface area contributed by atoms with Crippen LogP contribution in [0.3, 0.4) is 0 Å². The van der Waals surface area contributed by atoms with Gasteiger partial charge in [-0.25, -0.2) is 4.79 Å². The number of carbonyl (C=O) groups excluding carboxylic acids is 1. The van der Waals surface area contributed by atoms with Crippen LogP contribution in [-0.2, 0) is 16.1 Å². The first-order chi connectivity index (χ1) is 10.6. The fraction of sp³-hybridized carbons (Fsp3) is 0.412. The van der Waals surface area contributed by atoms with Crippen LogP contribution in [0.5, 0.6) is 5.75 Å². The number of carboxylic acids is 1. The molecule has 5 nitrogen and oxygen atoms in total. The molecule has 22 heavy (non-hydrogen) atoms. The molecule has 1 aliphatic rings. The van der Waals surface area contributed by atoms with Crippen molar-refractivity contribution in [2.45, 2.75) is 44.8 Å². The molecule has 1 aliphatic carbocycles. The van der Waals surface area contributed by atoms with Crippen molar-refractivity contribution in [3.05, 3.63) is 42.0 Å². The standard InChI is InChI=1S/C17H21NO4/c19-16(10-11-17(20)21)18-12-13-6-8-15(9-7-13)22-14-4-2-1-3-5-14/h6-11,14H,1-5,12H2,(H,18,19)(H,20,21)/b11-10-.